The molecule has 0 bridgehead atoms. The lowest BCUT2D eigenvalue weighted by molar-refractivity contribution is 0.658. The molecule has 3 rings (SSSR count). The minimum atomic E-state index is 0.0116. The van der Waals surface area contributed by atoms with Crippen molar-refractivity contribution in [2.75, 3.05) is 5.75 Å². The largest absolute Gasteiger partial charge is 0.306 e. The summed E-state index contributed by atoms with van der Waals surface area (Å²) in [6.45, 7) is 4.84. The number of para-hydroxylation sites is 1. The van der Waals surface area contributed by atoms with Crippen LogP contribution in [0.5, 0.6) is 0 Å². The van der Waals surface area contributed by atoms with Crippen LogP contribution in [0.4, 0.5) is 0 Å². The molecule has 0 amide bonds. The average molecular weight is 376 g/mol. The standard InChI is InChI=1S/C16H17N5S3/c1-3-21-14(19-20-15(21)22-9-11(2)8-17)10-23-16-18-12-6-4-5-7-13(12)24-16/h4-7,11H,3,9-10H2,1-2H3/t11-/m0/s1. The van der Waals surface area contributed by atoms with Crippen LogP contribution in [0.3, 0.4) is 0 Å². The lowest BCUT2D eigenvalue weighted by Crippen LogP contribution is -2.03. The fourth-order valence-corrected chi connectivity index (χ4v) is 5.10. The van der Waals surface area contributed by atoms with Crippen molar-refractivity contribution >= 4 is 45.1 Å². The molecule has 24 heavy (non-hydrogen) atoms. The van der Waals surface area contributed by atoms with Gasteiger partial charge in [-0.1, -0.05) is 35.7 Å². The highest BCUT2D eigenvalue weighted by Gasteiger charge is 2.14. The molecule has 1 aromatic carbocycles. The molecule has 5 nitrogen and oxygen atoms in total. The molecule has 124 valence electrons. The monoisotopic (exact) mass is 375 g/mol. The van der Waals surface area contributed by atoms with E-state index in [1.54, 1.807) is 34.9 Å². The normalized spacial score (nSPS) is 12.4. The molecule has 0 aliphatic heterocycles. The summed E-state index contributed by atoms with van der Waals surface area (Å²) in [5.74, 6) is 2.45. The van der Waals surface area contributed by atoms with Gasteiger partial charge < -0.3 is 4.57 Å². The number of aromatic nitrogens is 4. The number of hydrogen-bond donors (Lipinski definition) is 0. The van der Waals surface area contributed by atoms with Crippen LogP contribution < -0.4 is 0 Å². The molecule has 3 aromatic rings. The van der Waals surface area contributed by atoms with Crippen LogP contribution in [0.2, 0.25) is 0 Å². The molecule has 1 atom stereocenters. The molecule has 2 aromatic heterocycles. The molecule has 0 saturated carbocycles. The first kappa shape index (κ1) is 17.3. The van der Waals surface area contributed by atoms with Crippen molar-refractivity contribution in [3.05, 3.63) is 30.1 Å². The average Bonchev–Trinajstić information content (AvgIpc) is 3.20. The Morgan fingerprint density at radius 3 is 2.88 bits per heavy atom. The Morgan fingerprint density at radius 2 is 2.12 bits per heavy atom. The van der Waals surface area contributed by atoms with Gasteiger partial charge in [0.2, 0.25) is 0 Å². The molecule has 2 heterocycles. The van der Waals surface area contributed by atoms with Crippen LogP contribution in [0, 0.1) is 17.2 Å². The number of thiazole rings is 1. The quantitative estimate of drug-likeness (QED) is 0.568. The molecule has 0 unspecified atom stereocenters. The SMILES string of the molecule is CCn1c(CSc2nc3ccccc3s2)nnc1SC[C@@H](C)C#N. The molecule has 0 radical (unpaired) electrons. The third kappa shape index (κ3) is 3.91. The number of thioether (sulfide) groups is 2. The minimum absolute atomic E-state index is 0.0116. The van der Waals surface area contributed by atoms with E-state index in [2.05, 4.69) is 38.8 Å². The van der Waals surface area contributed by atoms with Crippen molar-refractivity contribution in [2.45, 2.75) is 35.6 Å². The van der Waals surface area contributed by atoms with Gasteiger partial charge in [0, 0.05) is 12.3 Å². The fraction of sp³-hybridized carbons (Fsp3) is 0.375. The molecule has 0 fully saturated rings. The molecular weight excluding hydrogens is 358 g/mol. The van der Waals surface area contributed by atoms with E-state index in [-0.39, 0.29) is 5.92 Å². The topological polar surface area (TPSA) is 67.4 Å². The predicted molar refractivity (Wildman–Crippen MR) is 100 cm³/mol. The molecule has 0 N–H and O–H groups in total. The van der Waals surface area contributed by atoms with Crippen LogP contribution in [0.1, 0.15) is 19.7 Å². The molecular formula is C16H17N5S3. The van der Waals surface area contributed by atoms with Gasteiger partial charge in [0.15, 0.2) is 9.50 Å². The van der Waals surface area contributed by atoms with E-state index >= 15 is 0 Å². The van der Waals surface area contributed by atoms with E-state index in [4.69, 9.17) is 5.26 Å². The molecule has 8 heteroatoms. The summed E-state index contributed by atoms with van der Waals surface area (Å²) >= 11 is 5.00. The predicted octanol–water partition coefficient (Wildman–Crippen LogP) is 4.45. The van der Waals surface area contributed by atoms with Gasteiger partial charge in [0.05, 0.1) is 28.0 Å². The van der Waals surface area contributed by atoms with Gasteiger partial charge >= 0.3 is 0 Å². The first-order valence-corrected chi connectivity index (χ1v) is 10.4. The van der Waals surface area contributed by atoms with Crippen LogP contribution >= 0.6 is 34.9 Å². The first-order valence-electron chi connectivity index (χ1n) is 7.64. The van der Waals surface area contributed by atoms with Crippen molar-refractivity contribution < 1.29 is 0 Å². The lowest BCUT2D eigenvalue weighted by atomic mass is 10.3. The highest BCUT2D eigenvalue weighted by atomic mass is 32.2. The van der Waals surface area contributed by atoms with Crippen molar-refractivity contribution in [3.8, 4) is 6.07 Å². The van der Waals surface area contributed by atoms with Crippen molar-refractivity contribution in [1.29, 1.82) is 5.26 Å². The van der Waals surface area contributed by atoms with Gasteiger partial charge in [-0.2, -0.15) is 5.26 Å². The van der Waals surface area contributed by atoms with E-state index < -0.39 is 0 Å². The van der Waals surface area contributed by atoms with Gasteiger partial charge in [-0.25, -0.2) is 4.98 Å². The van der Waals surface area contributed by atoms with Crippen LogP contribution in [0.25, 0.3) is 10.2 Å². The summed E-state index contributed by atoms with van der Waals surface area (Å²) in [6, 6.07) is 10.4. The fourth-order valence-electron chi connectivity index (χ4n) is 2.13. The summed E-state index contributed by atoms with van der Waals surface area (Å²) in [5, 5.41) is 18.4. The van der Waals surface area contributed by atoms with Gasteiger partial charge in [-0.05, 0) is 26.0 Å². The maximum absolute atomic E-state index is 8.90. The first-order chi connectivity index (χ1) is 11.7. The van der Waals surface area contributed by atoms with Crippen molar-refractivity contribution in [3.63, 3.8) is 0 Å². The second-order valence-electron chi connectivity index (χ2n) is 5.22. The number of benzene rings is 1. The van der Waals surface area contributed by atoms with Crippen LogP contribution in [-0.2, 0) is 12.3 Å². The van der Waals surface area contributed by atoms with E-state index in [1.165, 1.54) is 4.70 Å². The van der Waals surface area contributed by atoms with E-state index in [9.17, 15) is 0 Å². The van der Waals surface area contributed by atoms with E-state index in [0.29, 0.717) is 0 Å². The summed E-state index contributed by atoms with van der Waals surface area (Å²) in [4.78, 5) is 4.64. The Morgan fingerprint density at radius 1 is 1.29 bits per heavy atom. The maximum atomic E-state index is 8.90. The third-order valence-corrected chi connectivity index (χ3v) is 6.79. The maximum Gasteiger partial charge on any atom is 0.191 e. The summed E-state index contributed by atoms with van der Waals surface area (Å²) in [6.07, 6.45) is 0. The van der Waals surface area contributed by atoms with Crippen molar-refractivity contribution in [2.24, 2.45) is 5.92 Å². The number of nitrogens with zero attached hydrogens (tertiary/aromatic N) is 5. The molecule has 0 aliphatic rings. The van der Waals surface area contributed by atoms with Gasteiger partial charge in [0.25, 0.3) is 0 Å². The van der Waals surface area contributed by atoms with E-state index in [0.717, 1.165) is 38.9 Å². The minimum Gasteiger partial charge on any atom is -0.306 e. The Hall–Kier alpha value is -1.56. The van der Waals surface area contributed by atoms with Crippen LogP contribution in [0.15, 0.2) is 33.8 Å². The zero-order valence-electron chi connectivity index (χ0n) is 13.5. The second kappa shape index (κ2) is 8.01. The van der Waals surface area contributed by atoms with Crippen molar-refractivity contribution in [1.82, 2.24) is 19.7 Å². The highest BCUT2D eigenvalue weighted by molar-refractivity contribution is 8.00. The number of rotatable bonds is 7. The Bertz CT molecular complexity index is 831. The summed E-state index contributed by atoms with van der Waals surface area (Å²) in [5.41, 5.74) is 1.05. The van der Waals surface area contributed by atoms with E-state index in [1.807, 2.05) is 25.1 Å². The Kier molecular flexibility index (Phi) is 5.76. The number of hydrogen-bond acceptors (Lipinski definition) is 7. The molecule has 0 spiro atoms. The zero-order chi connectivity index (χ0) is 16.9. The van der Waals surface area contributed by atoms with Crippen LogP contribution in [-0.4, -0.2) is 25.5 Å². The van der Waals surface area contributed by atoms with Gasteiger partial charge in [0.1, 0.15) is 5.82 Å². The Labute approximate surface area is 153 Å². The lowest BCUT2D eigenvalue weighted by Gasteiger charge is -2.07. The highest BCUT2D eigenvalue weighted by Crippen LogP contribution is 2.31. The smallest absolute Gasteiger partial charge is 0.191 e. The van der Waals surface area contributed by atoms with Gasteiger partial charge in [-0.15, -0.1) is 21.5 Å². The summed E-state index contributed by atoms with van der Waals surface area (Å²) < 4.78 is 4.38. The second-order valence-corrected chi connectivity index (χ2v) is 8.46. The molecule has 0 saturated heterocycles. The number of nitriles is 1. The van der Waals surface area contributed by atoms with Gasteiger partial charge in [-0.3, -0.25) is 0 Å². The number of fused-ring (bicyclic) bond motifs is 1. The molecule has 0 aliphatic carbocycles. The summed E-state index contributed by atoms with van der Waals surface area (Å²) in [7, 11) is 0. The Balaban J connectivity index is 1.68. The third-order valence-electron chi connectivity index (χ3n) is 3.39. The zero-order valence-corrected chi connectivity index (χ0v) is 15.9.